The zero-order valence-corrected chi connectivity index (χ0v) is 14.2. The number of rotatable bonds is 3. The molecule has 0 N–H and O–H groups in total. The minimum absolute atomic E-state index is 0.0214. The van der Waals surface area contributed by atoms with Gasteiger partial charge in [0.2, 0.25) is 0 Å². The van der Waals surface area contributed by atoms with Crippen LogP contribution in [0.15, 0.2) is 36.5 Å². The third-order valence-electron chi connectivity index (χ3n) is 4.15. The number of hydrogen-bond donors (Lipinski definition) is 0. The van der Waals surface area contributed by atoms with Crippen molar-refractivity contribution in [1.82, 2.24) is 4.98 Å². The number of piperazine rings is 1. The van der Waals surface area contributed by atoms with Crippen LogP contribution >= 0.6 is 11.6 Å². The number of benzene rings is 1. The highest BCUT2D eigenvalue weighted by atomic mass is 35.5. The van der Waals surface area contributed by atoms with Gasteiger partial charge in [-0.3, -0.25) is 10.1 Å². The van der Waals surface area contributed by atoms with Crippen molar-refractivity contribution in [2.45, 2.75) is 6.18 Å². The molecule has 2 heterocycles. The number of alkyl halides is 3. The fraction of sp³-hybridized carbons (Fsp3) is 0.312. The number of anilines is 2. The second kappa shape index (κ2) is 6.99. The van der Waals surface area contributed by atoms with Gasteiger partial charge in [-0.25, -0.2) is 4.98 Å². The summed E-state index contributed by atoms with van der Waals surface area (Å²) in [6, 6.07) is 7.12. The first-order chi connectivity index (χ1) is 12.3. The molecule has 0 amide bonds. The lowest BCUT2D eigenvalue weighted by Crippen LogP contribution is -2.47. The van der Waals surface area contributed by atoms with E-state index in [9.17, 15) is 23.3 Å². The fourth-order valence-corrected chi connectivity index (χ4v) is 3.07. The smallest absolute Gasteiger partial charge is 0.368 e. The number of pyridine rings is 1. The Morgan fingerprint density at radius 2 is 1.65 bits per heavy atom. The molecule has 1 aliphatic heterocycles. The van der Waals surface area contributed by atoms with Crippen molar-refractivity contribution in [3.63, 3.8) is 0 Å². The van der Waals surface area contributed by atoms with E-state index < -0.39 is 16.7 Å². The Hall–Kier alpha value is -2.55. The van der Waals surface area contributed by atoms with Crippen LogP contribution in [0.1, 0.15) is 5.56 Å². The quantitative estimate of drug-likeness (QED) is 0.589. The fourth-order valence-electron chi connectivity index (χ4n) is 2.78. The van der Waals surface area contributed by atoms with Crippen molar-refractivity contribution in [3.8, 4) is 0 Å². The summed E-state index contributed by atoms with van der Waals surface area (Å²) in [5.41, 5.74) is -0.00869. The Labute approximate surface area is 151 Å². The van der Waals surface area contributed by atoms with E-state index in [4.69, 9.17) is 11.6 Å². The monoisotopic (exact) mass is 386 g/mol. The van der Waals surface area contributed by atoms with Gasteiger partial charge in [-0.05, 0) is 18.2 Å². The first kappa shape index (κ1) is 18.2. The van der Waals surface area contributed by atoms with Gasteiger partial charge in [0.05, 0.1) is 15.5 Å². The van der Waals surface area contributed by atoms with Crippen LogP contribution in [-0.4, -0.2) is 36.1 Å². The third kappa shape index (κ3) is 3.82. The summed E-state index contributed by atoms with van der Waals surface area (Å²) in [6.45, 7) is 2.23. The predicted octanol–water partition coefficient (Wildman–Crippen LogP) is 3.99. The number of nitro benzene ring substituents is 1. The van der Waals surface area contributed by atoms with Crippen molar-refractivity contribution in [2.75, 3.05) is 36.0 Å². The second-order valence-electron chi connectivity index (χ2n) is 5.77. The third-order valence-corrected chi connectivity index (χ3v) is 4.43. The van der Waals surface area contributed by atoms with Gasteiger partial charge in [0.15, 0.2) is 0 Å². The molecule has 1 aromatic heterocycles. The van der Waals surface area contributed by atoms with Gasteiger partial charge in [0.1, 0.15) is 5.82 Å². The van der Waals surface area contributed by atoms with Crippen LogP contribution in [0.4, 0.5) is 30.4 Å². The second-order valence-corrected chi connectivity index (χ2v) is 6.18. The van der Waals surface area contributed by atoms with Crippen LogP contribution in [0, 0.1) is 10.1 Å². The van der Waals surface area contributed by atoms with Crippen LogP contribution in [0.25, 0.3) is 0 Å². The molecule has 1 aromatic carbocycles. The molecule has 1 saturated heterocycles. The van der Waals surface area contributed by atoms with Crippen LogP contribution < -0.4 is 9.80 Å². The summed E-state index contributed by atoms with van der Waals surface area (Å²) in [5.74, 6) is 0.322. The van der Waals surface area contributed by atoms with Gasteiger partial charge in [0, 0.05) is 50.2 Å². The molecule has 0 atom stereocenters. The molecule has 2 aromatic rings. The normalized spacial score (nSPS) is 15.2. The van der Waals surface area contributed by atoms with Crippen molar-refractivity contribution >= 4 is 28.8 Å². The Morgan fingerprint density at radius 1 is 1.08 bits per heavy atom. The zero-order valence-electron chi connectivity index (χ0n) is 13.4. The molecule has 1 aliphatic rings. The maximum atomic E-state index is 12.7. The lowest BCUT2D eigenvalue weighted by Gasteiger charge is -2.37. The van der Waals surface area contributed by atoms with Crippen LogP contribution in [-0.2, 0) is 6.18 Å². The SMILES string of the molecule is O=[N+]([O-])c1ccc(N2CCN(c3ncc(C(F)(F)F)cc3Cl)CC2)cc1. The average Bonchev–Trinajstić information content (AvgIpc) is 2.61. The van der Waals surface area contributed by atoms with E-state index in [0.29, 0.717) is 32.0 Å². The van der Waals surface area contributed by atoms with Crippen molar-refractivity contribution < 1.29 is 18.1 Å². The predicted molar refractivity (Wildman–Crippen MR) is 91.8 cm³/mol. The van der Waals surface area contributed by atoms with Crippen LogP contribution in [0.5, 0.6) is 0 Å². The molecule has 0 unspecified atom stereocenters. The molecular weight excluding hydrogens is 373 g/mol. The minimum Gasteiger partial charge on any atom is -0.368 e. The summed E-state index contributed by atoms with van der Waals surface area (Å²) in [4.78, 5) is 18.0. The average molecular weight is 387 g/mol. The molecule has 10 heteroatoms. The summed E-state index contributed by atoms with van der Waals surface area (Å²) >= 11 is 5.99. The van der Waals surface area contributed by atoms with Gasteiger partial charge in [-0.2, -0.15) is 13.2 Å². The number of halogens is 4. The maximum absolute atomic E-state index is 12.7. The molecule has 0 spiro atoms. The topological polar surface area (TPSA) is 62.5 Å². The van der Waals surface area contributed by atoms with E-state index in [2.05, 4.69) is 4.98 Å². The van der Waals surface area contributed by atoms with E-state index in [-0.39, 0.29) is 10.7 Å². The van der Waals surface area contributed by atoms with Crippen molar-refractivity contribution in [1.29, 1.82) is 0 Å². The Morgan fingerprint density at radius 3 is 2.15 bits per heavy atom. The van der Waals surface area contributed by atoms with Gasteiger partial charge in [-0.1, -0.05) is 11.6 Å². The number of non-ortho nitro benzene ring substituents is 1. The highest BCUT2D eigenvalue weighted by Crippen LogP contribution is 2.34. The zero-order chi connectivity index (χ0) is 18.9. The minimum atomic E-state index is -4.48. The summed E-state index contributed by atoms with van der Waals surface area (Å²) in [5, 5.41) is 10.7. The van der Waals surface area contributed by atoms with Gasteiger partial charge in [0.25, 0.3) is 5.69 Å². The van der Waals surface area contributed by atoms with Crippen LogP contribution in [0.2, 0.25) is 5.02 Å². The number of aromatic nitrogens is 1. The van der Waals surface area contributed by atoms with Gasteiger partial charge < -0.3 is 9.80 Å². The first-order valence-electron chi connectivity index (χ1n) is 7.73. The highest BCUT2D eigenvalue weighted by molar-refractivity contribution is 6.33. The molecule has 0 radical (unpaired) electrons. The van der Waals surface area contributed by atoms with Gasteiger partial charge >= 0.3 is 6.18 Å². The Balaban J connectivity index is 1.67. The summed E-state index contributed by atoms with van der Waals surface area (Å²) in [7, 11) is 0. The molecule has 26 heavy (non-hydrogen) atoms. The molecule has 3 rings (SSSR count). The first-order valence-corrected chi connectivity index (χ1v) is 8.10. The summed E-state index contributed by atoms with van der Waals surface area (Å²) in [6.07, 6.45) is -3.70. The standard InChI is InChI=1S/C16H14ClF3N4O2/c17-14-9-11(16(18,19)20)10-21-15(14)23-7-5-22(6-8-23)12-1-3-13(4-2-12)24(25)26/h1-4,9-10H,5-8H2. The molecule has 1 fully saturated rings. The maximum Gasteiger partial charge on any atom is 0.417 e. The summed E-state index contributed by atoms with van der Waals surface area (Å²) < 4.78 is 38.1. The molecule has 0 bridgehead atoms. The van der Waals surface area contributed by atoms with Gasteiger partial charge in [-0.15, -0.1) is 0 Å². The molecule has 6 nitrogen and oxygen atoms in total. The van der Waals surface area contributed by atoms with E-state index in [1.807, 2.05) is 9.80 Å². The molecule has 138 valence electrons. The highest BCUT2D eigenvalue weighted by Gasteiger charge is 2.32. The number of hydrogen-bond acceptors (Lipinski definition) is 5. The number of nitro groups is 1. The van der Waals surface area contributed by atoms with Crippen molar-refractivity contribution in [3.05, 3.63) is 57.2 Å². The van der Waals surface area contributed by atoms with E-state index in [1.165, 1.54) is 12.1 Å². The largest absolute Gasteiger partial charge is 0.417 e. The van der Waals surface area contributed by atoms with E-state index >= 15 is 0 Å². The Kier molecular flexibility index (Phi) is 4.90. The van der Waals surface area contributed by atoms with E-state index in [1.54, 1.807) is 12.1 Å². The Bertz CT molecular complexity index is 806. The lowest BCUT2D eigenvalue weighted by molar-refractivity contribution is -0.384. The van der Waals surface area contributed by atoms with Crippen molar-refractivity contribution in [2.24, 2.45) is 0 Å². The van der Waals surface area contributed by atoms with Crippen LogP contribution in [0.3, 0.4) is 0 Å². The molecule has 0 aliphatic carbocycles. The lowest BCUT2D eigenvalue weighted by atomic mass is 10.2. The molecule has 0 saturated carbocycles. The molecular formula is C16H14ClF3N4O2. The number of nitrogens with zero attached hydrogens (tertiary/aromatic N) is 4. The van der Waals surface area contributed by atoms with E-state index in [0.717, 1.165) is 18.0 Å².